The summed E-state index contributed by atoms with van der Waals surface area (Å²) in [6.45, 7) is 0.211. The molecular weight excluding hydrogens is 282 g/mol. The molecule has 2 N–H and O–H groups in total. The van der Waals surface area contributed by atoms with Crippen LogP contribution in [0.25, 0.3) is 0 Å². The molecule has 0 aliphatic heterocycles. The van der Waals surface area contributed by atoms with Gasteiger partial charge < -0.3 is 15.2 Å². The van der Waals surface area contributed by atoms with Gasteiger partial charge in [0.25, 0.3) is 0 Å². The summed E-state index contributed by atoms with van der Waals surface area (Å²) in [6.07, 6.45) is 0.769. The van der Waals surface area contributed by atoms with E-state index in [9.17, 15) is 0 Å². The van der Waals surface area contributed by atoms with Gasteiger partial charge in [0, 0.05) is 18.0 Å². The number of methoxy groups -OCH3 is 1. The zero-order valence-electron chi connectivity index (χ0n) is 10.5. The van der Waals surface area contributed by atoms with Crippen molar-refractivity contribution in [1.29, 1.82) is 0 Å². The Balaban J connectivity index is 1.91. The predicted octanol–water partition coefficient (Wildman–Crippen LogP) is 2.76. The fraction of sp³-hybridized carbons (Fsp3) is 0.333. The van der Waals surface area contributed by atoms with Gasteiger partial charge in [-0.2, -0.15) is 0 Å². The van der Waals surface area contributed by atoms with Crippen molar-refractivity contribution in [2.75, 3.05) is 24.8 Å². The lowest BCUT2D eigenvalue weighted by Crippen LogP contribution is -1.89. The quantitative estimate of drug-likeness (QED) is 0.605. The van der Waals surface area contributed by atoms with Gasteiger partial charge in [0.2, 0.25) is 5.13 Å². The van der Waals surface area contributed by atoms with E-state index in [1.165, 1.54) is 11.3 Å². The van der Waals surface area contributed by atoms with E-state index in [-0.39, 0.29) is 6.61 Å². The van der Waals surface area contributed by atoms with Gasteiger partial charge in [-0.3, -0.25) is 0 Å². The number of aliphatic hydroxyl groups excluding tert-OH is 1. The number of benzene rings is 1. The molecule has 0 saturated heterocycles. The van der Waals surface area contributed by atoms with Crippen LogP contribution in [0.15, 0.2) is 28.6 Å². The highest BCUT2D eigenvalue weighted by molar-refractivity contribution is 8.01. The lowest BCUT2D eigenvalue weighted by atomic mass is 10.3. The number of ether oxygens (including phenoxy) is 1. The number of aromatic nitrogens is 2. The SMILES string of the molecule is COc1ccc(Nc2nnc(SCCCO)s2)cc1. The van der Waals surface area contributed by atoms with Crippen LogP contribution in [0.2, 0.25) is 0 Å². The number of aliphatic hydroxyl groups is 1. The Hall–Kier alpha value is -1.31. The lowest BCUT2D eigenvalue weighted by Gasteiger charge is -2.03. The number of nitrogens with zero attached hydrogens (tertiary/aromatic N) is 2. The molecule has 102 valence electrons. The van der Waals surface area contributed by atoms with E-state index >= 15 is 0 Å². The second-order valence-corrected chi connectivity index (χ2v) is 5.97. The number of thioether (sulfide) groups is 1. The van der Waals surface area contributed by atoms with Crippen LogP contribution >= 0.6 is 23.1 Å². The van der Waals surface area contributed by atoms with E-state index in [0.717, 1.165) is 33.1 Å². The molecular formula is C12H15N3O2S2. The van der Waals surface area contributed by atoms with Crippen molar-refractivity contribution in [3.05, 3.63) is 24.3 Å². The molecule has 2 aromatic rings. The molecule has 5 nitrogen and oxygen atoms in total. The van der Waals surface area contributed by atoms with Crippen LogP contribution in [0.4, 0.5) is 10.8 Å². The minimum absolute atomic E-state index is 0.211. The number of anilines is 2. The summed E-state index contributed by atoms with van der Waals surface area (Å²) in [5.74, 6) is 1.68. The van der Waals surface area contributed by atoms with Crippen molar-refractivity contribution in [3.8, 4) is 5.75 Å². The molecule has 0 saturated carbocycles. The van der Waals surface area contributed by atoms with E-state index in [0.29, 0.717) is 0 Å². The molecule has 0 aliphatic rings. The third-order valence-corrected chi connectivity index (χ3v) is 4.33. The smallest absolute Gasteiger partial charge is 0.210 e. The maximum absolute atomic E-state index is 8.72. The molecule has 19 heavy (non-hydrogen) atoms. The molecule has 0 atom stereocenters. The van der Waals surface area contributed by atoms with Crippen LogP contribution < -0.4 is 10.1 Å². The molecule has 0 aliphatic carbocycles. The first-order chi connectivity index (χ1) is 9.31. The van der Waals surface area contributed by atoms with Crippen molar-refractivity contribution in [2.24, 2.45) is 0 Å². The molecule has 0 unspecified atom stereocenters. The van der Waals surface area contributed by atoms with Gasteiger partial charge in [0.15, 0.2) is 4.34 Å². The Kier molecular flexibility index (Phi) is 5.44. The number of hydrogen-bond acceptors (Lipinski definition) is 7. The minimum atomic E-state index is 0.211. The van der Waals surface area contributed by atoms with Crippen LogP contribution in [0.3, 0.4) is 0 Å². The van der Waals surface area contributed by atoms with Crippen molar-refractivity contribution >= 4 is 33.9 Å². The summed E-state index contributed by atoms with van der Waals surface area (Å²) in [7, 11) is 1.64. The summed E-state index contributed by atoms with van der Waals surface area (Å²) in [5, 5.41) is 20.8. The first-order valence-electron chi connectivity index (χ1n) is 5.80. The third kappa shape index (κ3) is 4.38. The van der Waals surface area contributed by atoms with E-state index in [2.05, 4.69) is 15.5 Å². The standard InChI is InChI=1S/C12H15N3O2S2/c1-17-10-5-3-9(4-6-10)13-11-14-15-12(19-11)18-8-2-7-16/h3-6,16H,2,7-8H2,1H3,(H,13,14). The van der Waals surface area contributed by atoms with E-state index < -0.39 is 0 Å². The highest BCUT2D eigenvalue weighted by atomic mass is 32.2. The average molecular weight is 297 g/mol. The first kappa shape index (κ1) is 14.1. The Morgan fingerprint density at radius 2 is 2.11 bits per heavy atom. The van der Waals surface area contributed by atoms with Crippen LogP contribution in [0.1, 0.15) is 6.42 Å². The van der Waals surface area contributed by atoms with Crippen LogP contribution in [0.5, 0.6) is 5.75 Å². The van der Waals surface area contributed by atoms with E-state index in [4.69, 9.17) is 9.84 Å². The molecule has 1 aromatic carbocycles. The van der Waals surface area contributed by atoms with E-state index in [1.54, 1.807) is 18.9 Å². The highest BCUT2D eigenvalue weighted by Crippen LogP contribution is 2.28. The van der Waals surface area contributed by atoms with Crippen LogP contribution in [0, 0.1) is 0 Å². The number of hydrogen-bond donors (Lipinski definition) is 2. The van der Waals surface area contributed by atoms with Gasteiger partial charge in [-0.05, 0) is 30.7 Å². The summed E-state index contributed by atoms with van der Waals surface area (Å²) >= 11 is 3.11. The predicted molar refractivity (Wildman–Crippen MR) is 78.6 cm³/mol. The van der Waals surface area contributed by atoms with Crippen molar-refractivity contribution in [1.82, 2.24) is 10.2 Å². The second kappa shape index (κ2) is 7.32. The molecule has 7 heteroatoms. The van der Waals surface area contributed by atoms with Gasteiger partial charge in [0.1, 0.15) is 5.75 Å². The summed E-state index contributed by atoms with van der Waals surface area (Å²) in [4.78, 5) is 0. The minimum Gasteiger partial charge on any atom is -0.497 e. The van der Waals surface area contributed by atoms with Gasteiger partial charge in [0.05, 0.1) is 7.11 Å². The van der Waals surface area contributed by atoms with Crippen molar-refractivity contribution in [3.63, 3.8) is 0 Å². The zero-order chi connectivity index (χ0) is 13.5. The fourth-order valence-corrected chi connectivity index (χ4v) is 3.11. The van der Waals surface area contributed by atoms with Crippen LogP contribution in [-0.4, -0.2) is 34.8 Å². The first-order valence-corrected chi connectivity index (χ1v) is 7.60. The maximum Gasteiger partial charge on any atom is 0.210 e. The Labute approximate surface area is 120 Å². The highest BCUT2D eigenvalue weighted by Gasteiger charge is 2.05. The largest absolute Gasteiger partial charge is 0.497 e. The zero-order valence-corrected chi connectivity index (χ0v) is 12.1. The molecule has 2 rings (SSSR count). The third-order valence-electron chi connectivity index (χ3n) is 2.28. The lowest BCUT2D eigenvalue weighted by molar-refractivity contribution is 0.296. The Bertz CT molecular complexity index is 502. The van der Waals surface area contributed by atoms with Gasteiger partial charge in [-0.15, -0.1) is 10.2 Å². The molecule has 0 spiro atoms. The molecule has 1 heterocycles. The Morgan fingerprint density at radius 3 is 2.79 bits per heavy atom. The Morgan fingerprint density at radius 1 is 1.32 bits per heavy atom. The van der Waals surface area contributed by atoms with Gasteiger partial charge in [-0.1, -0.05) is 23.1 Å². The summed E-state index contributed by atoms with van der Waals surface area (Å²) in [5.41, 5.74) is 0.948. The molecule has 0 radical (unpaired) electrons. The molecule has 0 fully saturated rings. The number of rotatable bonds is 7. The van der Waals surface area contributed by atoms with Gasteiger partial charge >= 0.3 is 0 Å². The number of nitrogens with one attached hydrogen (secondary N) is 1. The normalized spacial score (nSPS) is 10.4. The van der Waals surface area contributed by atoms with Gasteiger partial charge in [-0.25, -0.2) is 0 Å². The molecule has 0 amide bonds. The monoisotopic (exact) mass is 297 g/mol. The molecule has 0 bridgehead atoms. The second-order valence-electron chi connectivity index (χ2n) is 3.65. The fourth-order valence-electron chi connectivity index (χ4n) is 1.34. The molecule has 1 aromatic heterocycles. The summed E-state index contributed by atoms with van der Waals surface area (Å²) < 4.78 is 6.01. The van der Waals surface area contributed by atoms with Crippen LogP contribution in [-0.2, 0) is 0 Å². The summed E-state index contributed by atoms with van der Waals surface area (Å²) in [6, 6.07) is 7.64. The topological polar surface area (TPSA) is 67.3 Å². The maximum atomic E-state index is 8.72. The van der Waals surface area contributed by atoms with Crippen molar-refractivity contribution < 1.29 is 9.84 Å². The van der Waals surface area contributed by atoms with E-state index in [1.807, 2.05) is 24.3 Å². The van der Waals surface area contributed by atoms with Crippen molar-refractivity contribution in [2.45, 2.75) is 10.8 Å². The average Bonchev–Trinajstić information content (AvgIpc) is 2.88.